The van der Waals surface area contributed by atoms with Gasteiger partial charge >= 0.3 is 0 Å². The second kappa shape index (κ2) is 39.0. The summed E-state index contributed by atoms with van der Waals surface area (Å²) in [5.74, 6) is 2.63. The molecule has 0 aliphatic heterocycles. The minimum atomic E-state index is 0.825. The highest BCUT2D eigenvalue weighted by molar-refractivity contribution is 4.90. The average molecular weight is 359 g/mol. The SMILES string of the molecule is CC.CC.CC.CCC(C)C.CCC=CC(CC)C(CC)CCCC. The standard InChI is InChI=1S/C14H28.C5H12.3C2H6/c1-5-9-11-13(7-3)14(8-4)12-10-6-2;1-4-5(2)3;3*1-2/h9,11,13-14H,5-8,10,12H2,1-4H3;5H,4H2,1-3H3;3*1-2H3. The van der Waals surface area contributed by atoms with Gasteiger partial charge in [-0.2, -0.15) is 0 Å². The molecule has 0 heterocycles. The van der Waals surface area contributed by atoms with Crippen LogP contribution in [-0.4, -0.2) is 0 Å². The summed E-state index contributed by atoms with van der Waals surface area (Å²) in [5.41, 5.74) is 0. The molecule has 0 radical (unpaired) electrons. The van der Waals surface area contributed by atoms with Gasteiger partial charge in [0.05, 0.1) is 0 Å². The van der Waals surface area contributed by atoms with Crippen molar-refractivity contribution in [3.8, 4) is 0 Å². The fraction of sp³-hybridized carbons (Fsp3) is 0.920. The van der Waals surface area contributed by atoms with Crippen molar-refractivity contribution in [2.45, 2.75) is 135 Å². The molecule has 0 nitrogen and oxygen atoms in total. The molecule has 0 saturated heterocycles. The molecule has 0 amide bonds. The summed E-state index contributed by atoms with van der Waals surface area (Å²) in [6.45, 7) is 27.8. The lowest BCUT2D eigenvalue weighted by Crippen LogP contribution is -2.11. The van der Waals surface area contributed by atoms with E-state index in [0.717, 1.165) is 17.8 Å². The van der Waals surface area contributed by atoms with Gasteiger partial charge in [-0.1, -0.05) is 128 Å². The van der Waals surface area contributed by atoms with E-state index >= 15 is 0 Å². The number of hydrogen-bond acceptors (Lipinski definition) is 0. The summed E-state index contributed by atoms with van der Waals surface area (Å²) in [6, 6.07) is 0. The van der Waals surface area contributed by atoms with Crippen LogP contribution in [0.2, 0.25) is 0 Å². The van der Waals surface area contributed by atoms with E-state index in [1.807, 2.05) is 41.5 Å². The van der Waals surface area contributed by atoms with E-state index in [0.29, 0.717) is 0 Å². The molecule has 0 heteroatoms. The van der Waals surface area contributed by atoms with Crippen molar-refractivity contribution in [2.75, 3.05) is 0 Å². The summed E-state index contributed by atoms with van der Waals surface area (Å²) in [5, 5.41) is 0. The molecule has 0 N–H and O–H groups in total. The van der Waals surface area contributed by atoms with Crippen LogP contribution < -0.4 is 0 Å². The minimum absolute atomic E-state index is 0.825. The van der Waals surface area contributed by atoms with E-state index in [4.69, 9.17) is 0 Å². The quantitative estimate of drug-likeness (QED) is 0.359. The van der Waals surface area contributed by atoms with Crippen molar-refractivity contribution in [1.29, 1.82) is 0 Å². The van der Waals surface area contributed by atoms with E-state index in [1.54, 1.807) is 0 Å². The number of allylic oxidation sites excluding steroid dienone is 2. The van der Waals surface area contributed by atoms with E-state index in [1.165, 1.54) is 44.9 Å². The molecular formula is C25H58. The molecule has 0 aliphatic carbocycles. The zero-order valence-corrected chi connectivity index (χ0v) is 20.8. The molecule has 0 bridgehead atoms. The van der Waals surface area contributed by atoms with Crippen molar-refractivity contribution in [1.82, 2.24) is 0 Å². The third kappa shape index (κ3) is 35.7. The van der Waals surface area contributed by atoms with Gasteiger partial charge in [0, 0.05) is 0 Å². The van der Waals surface area contributed by atoms with Crippen LogP contribution in [0.4, 0.5) is 0 Å². The Labute approximate surface area is 165 Å². The van der Waals surface area contributed by atoms with Crippen molar-refractivity contribution in [3.05, 3.63) is 12.2 Å². The highest BCUT2D eigenvalue weighted by Gasteiger charge is 2.14. The number of hydrogen-bond donors (Lipinski definition) is 0. The first kappa shape index (κ1) is 35.8. The molecule has 0 aromatic heterocycles. The zero-order chi connectivity index (χ0) is 21.1. The van der Waals surface area contributed by atoms with Crippen LogP contribution >= 0.6 is 0 Å². The summed E-state index contributed by atoms with van der Waals surface area (Å²) in [7, 11) is 0. The van der Waals surface area contributed by atoms with Gasteiger partial charge in [0.25, 0.3) is 0 Å². The Hall–Kier alpha value is -0.260. The third-order valence-corrected chi connectivity index (χ3v) is 3.97. The normalized spacial score (nSPS) is 11.6. The summed E-state index contributed by atoms with van der Waals surface area (Å²) < 4.78 is 0. The molecule has 0 aliphatic rings. The second-order valence-electron chi connectivity index (χ2n) is 6.02. The van der Waals surface area contributed by atoms with E-state index in [9.17, 15) is 0 Å². The summed E-state index contributed by atoms with van der Waals surface area (Å²) >= 11 is 0. The number of rotatable bonds is 9. The predicted molar refractivity (Wildman–Crippen MR) is 126 cm³/mol. The lowest BCUT2D eigenvalue weighted by atomic mass is 9.84. The van der Waals surface area contributed by atoms with Crippen molar-refractivity contribution >= 4 is 0 Å². The summed E-state index contributed by atoms with van der Waals surface area (Å²) in [6.07, 6.45) is 14.1. The van der Waals surface area contributed by atoms with Crippen LogP contribution in [0.15, 0.2) is 12.2 Å². The van der Waals surface area contributed by atoms with Crippen LogP contribution in [0.1, 0.15) is 135 Å². The van der Waals surface area contributed by atoms with Gasteiger partial charge < -0.3 is 0 Å². The molecule has 158 valence electrons. The molecule has 0 rings (SSSR count). The molecule has 2 atom stereocenters. The monoisotopic (exact) mass is 358 g/mol. The maximum Gasteiger partial charge on any atom is -0.0208 e. The van der Waals surface area contributed by atoms with Crippen molar-refractivity contribution in [3.63, 3.8) is 0 Å². The zero-order valence-electron chi connectivity index (χ0n) is 20.8. The minimum Gasteiger partial charge on any atom is -0.0885 e. The van der Waals surface area contributed by atoms with Crippen LogP contribution in [0.3, 0.4) is 0 Å². The van der Waals surface area contributed by atoms with E-state index in [2.05, 4.69) is 60.6 Å². The second-order valence-corrected chi connectivity index (χ2v) is 6.02. The van der Waals surface area contributed by atoms with Crippen LogP contribution in [0.5, 0.6) is 0 Å². The molecule has 0 fully saturated rings. The Morgan fingerprint density at radius 2 is 1.12 bits per heavy atom. The van der Waals surface area contributed by atoms with E-state index in [-0.39, 0.29) is 0 Å². The predicted octanol–water partition coefficient (Wildman–Crippen LogP) is 10.3. The van der Waals surface area contributed by atoms with Gasteiger partial charge in [-0.3, -0.25) is 0 Å². The van der Waals surface area contributed by atoms with Crippen LogP contribution in [-0.2, 0) is 0 Å². The van der Waals surface area contributed by atoms with E-state index < -0.39 is 0 Å². The molecule has 0 aromatic rings. The van der Waals surface area contributed by atoms with Gasteiger partial charge in [-0.05, 0) is 37.0 Å². The fourth-order valence-electron chi connectivity index (χ4n) is 2.12. The molecule has 0 spiro atoms. The Morgan fingerprint density at radius 3 is 1.36 bits per heavy atom. The Morgan fingerprint density at radius 1 is 0.680 bits per heavy atom. The molecule has 25 heavy (non-hydrogen) atoms. The third-order valence-electron chi connectivity index (χ3n) is 3.97. The number of unbranched alkanes of at least 4 members (excludes halogenated alkanes) is 1. The van der Waals surface area contributed by atoms with Crippen LogP contribution in [0, 0.1) is 17.8 Å². The Kier molecular flexibility index (Phi) is 55.8. The highest BCUT2D eigenvalue weighted by Crippen LogP contribution is 2.26. The lowest BCUT2D eigenvalue weighted by Gasteiger charge is -2.22. The first-order valence-corrected chi connectivity index (χ1v) is 11.7. The molecular weight excluding hydrogens is 300 g/mol. The maximum atomic E-state index is 2.45. The van der Waals surface area contributed by atoms with Gasteiger partial charge in [-0.15, -0.1) is 0 Å². The van der Waals surface area contributed by atoms with Crippen molar-refractivity contribution in [2.24, 2.45) is 17.8 Å². The molecule has 0 aromatic carbocycles. The highest BCUT2D eigenvalue weighted by atomic mass is 14.2. The van der Waals surface area contributed by atoms with Gasteiger partial charge in [0.15, 0.2) is 0 Å². The van der Waals surface area contributed by atoms with Gasteiger partial charge in [0.2, 0.25) is 0 Å². The first-order valence-electron chi connectivity index (χ1n) is 11.7. The van der Waals surface area contributed by atoms with Gasteiger partial charge in [-0.25, -0.2) is 0 Å². The lowest BCUT2D eigenvalue weighted by molar-refractivity contribution is 0.340. The Balaban J connectivity index is -0.000000101. The van der Waals surface area contributed by atoms with Gasteiger partial charge in [0.1, 0.15) is 0 Å². The molecule has 0 saturated carbocycles. The maximum absolute atomic E-state index is 2.45. The topological polar surface area (TPSA) is 0 Å². The molecule has 2 unspecified atom stereocenters. The van der Waals surface area contributed by atoms with Crippen molar-refractivity contribution < 1.29 is 0 Å². The summed E-state index contributed by atoms with van der Waals surface area (Å²) in [4.78, 5) is 0. The Bertz CT molecular complexity index is 178. The smallest absolute Gasteiger partial charge is 0.0208 e. The largest absolute Gasteiger partial charge is 0.0885 e. The fourth-order valence-corrected chi connectivity index (χ4v) is 2.12. The first-order chi connectivity index (χ1) is 12.1. The average Bonchev–Trinajstić information content (AvgIpc) is 2.69. The van der Waals surface area contributed by atoms with Crippen LogP contribution in [0.25, 0.3) is 0 Å².